The normalized spacial score (nSPS) is 12.3. The van der Waals surface area contributed by atoms with Crippen LogP contribution in [0.4, 0.5) is 0 Å². The second-order valence-electron chi connectivity index (χ2n) is 5.00. The molecule has 0 aliphatic rings. The van der Waals surface area contributed by atoms with Crippen molar-refractivity contribution in [2.75, 3.05) is 0 Å². The summed E-state index contributed by atoms with van der Waals surface area (Å²) in [4.78, 5) is 14.6. The van der Waals surface area contributed by atoms with E-state index in [1.54, 1.807) is 12.3 Å². The Kier molecular flexibility index (Phi) is 6.40. The van der Waals surface area contributed by atoms with Gasteiger partial charge < -0.3 is 5.11 Å². The highest BCUT2D eigenvalue weighted by Gasteiger charge is 2.05. The summed E-state index contributed by atoms with van der Waals surface area (Å²) in [6.45, 7) is 4.51. The molecule has 1 unspecified atom stereocenters. The second-order valence-corrected chi connectivity index (χ2v) is 5.00. The molecule has 1 heterocycles. The number of aromatic nitrogens is 1. The molecule has 0 amide bonds. The van der Waals surface area contributed by atoms with Gasteiger partial charge in [0.1, 0.15) is 5.69 Å². The third kappa shape index (κ3) is 5.30. The minimum Gasteiger partial charge on any atom is -0.477 e. The lowest BCUT2D eigenvalue weighted by molar-refractivity contribution is 0.0690. The molecular formula is C15H23NO2. The van der Waals surface area contributed by atoms with Crippen LogP contribution < -0.4 is 0 Å². The average molecular weight is 249 g/mol. The summed E-state index contributed by atoms with van der Waals surface area (Å²) in [6.07, 6.45) is 9.01. The van der Waals surface area contributed by atoms with E-state index in [2.05, 4.69) is 18.8 Å². The number of aryl methyl sites for hydroxylation is 1. The Morgan fingerprint density at radius 3 is 2.67 bits per heavy atom. The van der Waals surface area contributed by atoms with Gasteiger partial charge in [-0.15, -0.1) is 0 Å². The van der Waals surface area contributed by atoms with Gasteiger partial charge in [-0.05, 0) is 30.4 Å². The van der Waals surface area contributed by atoms with Crippen molar-refractivity contribution >= 4 is 5.97 Å². The summed E-state index contributed by atoms with van der Waals surface area (Å²) in [5.74, 6) is -0.231. The summed E-state index contributed by atoms with van der Waals surface area (Å²) in [5.41, 5.74) is 1.25. The maximum atomic E-state index is 10.7. The van der Waals surface area contributed by atoms with Crippen LogP contribution >= 0.6 is 0 Å². The van der Waals surface area contributed by atoms with Gasteiger partial charge in [0, 0.05) is 6.20 Å². The predicted molar refractivity (Wildman–Crippen MR) is 72.8 cm³/mol. The molecule has 0 aromatic carbocycles. The minimum atomic E-state index is -0.963. The fraction of sp³-hybridized carbons (Fsp3) is 0.600. The number of unbranched alkanes of at least 4 members (excludes halogenated alkanes) is 2. The summed E-state index contributed by atoms with van der Waals surface area (Å²) >= 11 is 0. The van der Waals surface area contributed by atoms with E-state index in [0.29, 0.717) is 0 Å². The molecule has 18 heavy (non-hydrogen) atoms. The maximum Gasteiger partial charge on any atom is 0.354 e. The van der Waals surface area contributed by atoms with Gasteiger partial charge in [-0.1, -0.05) is 45.6 Å². The number of nitrogens with zero attached hydrogens (tertiary/aromatic N) is 1. The topological polar surface area (TPSA) is 50.2 Å². The molecule has 3 heteroatoms. The Bertz CT molecular complexity index is 359. The average Bonchev–Trinajstić information content (AvgIpc) is 2.37. The zero-order valence-corrected chi connectivity index (χ0v) is 11.4. The van der Waals surface area contributed by atoms with Gasteiger partial charge in [0.05, 0.1) is 0 Å². The Hall–Kier alpha value is -1.38. The zero-order valence-electron chi connectivity index (χ0n) is 11.4. The van der Waals surface area contributed by atoms with Crippen molar-refractivity contribution in [2.24, 2.45) is 5.92 Å². The molecule has 0 saturated carbocycles. The van der Waals surface area contributed by atoms with Gasteiger partial charge in [-0.3, -0.25) is 0 Å². The molecule has 1 N–H and O–H groups in total. The smallest absolute Gasteiger partial charge is 0.354 e. The molecule has 1 atom stereocenters. The molecule has 0 spiro atoms. The lowest BCUT2D eigenvalue weighted by atomic mass is 9.96. The first-order chi connectivity index (χ1) is 8.63. The van der Waals surface area contributed by atoms with Crippen LogP contribution in [0.2, 0.25) is 0 Å². The van der Waals surface area contributed by atoms with Crippen molar-refractivity contribution < 1.29 is 9.90 Å². The van der Waals surface area contributed by atoms with Gasteiger partial charge in [0.15, 0.2) is 0 Å². The van der Waals surface area contributed by atoms with E-state index >= 15 is 0 Å². The van der Waals surface area contributed by atoms with Crippen molar-refractivity contribution in [2.45, 2.75) is 52.4 Å². The molecule has 0 aliphatic carbocycles. The third-order valence-electron chi connectivity index (χ3n) is 3.27. The lowest BCUT2D eigenvalue weighted by Gasteiger charge is -2.10. The van der Waals surface area contributed by atoms with E-state index in [1.807, 2.05) is 6.07 Å². The SMILES string of the molecule is CCCCCC(C)CCc1ccc(C(=O)O)nc1. The molecule has 0 aliphatic heterocycles. The van der Waals surface area contributed by atoms with E-state index < -0.39 is 5.97 Å². The van der Waals surface area contributed by atoms with Gasteiger partial charge in [-0.2, -0.15) is 0 Å². The molecule has 1 aromatic rings. The Labute approximate surface area is 109 Å². The first-order valence-electron chi connectivity index (χ1n) is 6.81. The lowest BCUT2D eigenvalue weighted by Crippen LogP contribution is -2.02. The van der Waals surface area contributed by atoms with Crippen LogP contribution in [0.3, 0.4) is 0 Å². The van der Waals surface area contributed by atoms with Crippen LogP contribution in [0, 0.1) is 5.92 Å². The standard InChI is InChI=1S/C15H23NO2/c1-3-4-5-6-12(2)7-8-13-9-10-14(15(17)18)16-11-13/h9-12H,3-8H2,1-2H3,(H,17,18). The summed E-state index contributed by atoms with van der Waals surface area (Å²) in [7, 11) is 0. The molecule has 0 saturated heterocycles. The van der Waals surface area contributed by atoms with Crippen molar-refractivity contribution in [3.05, 3.63) is 29.6 Å². The van der Waals surface area contributed by atoms with Gasteiger partial charge in [0.2, 0.25) is 0 Å². The van der Waals surface area contributed by atoms with Crippen molar-refractivity contribution in [1.29, 1.82) is 0 Å². The third-order valence-corrected chi connectivity index (χ3v) is 3.27. The first kappa shape index (κ1) is 14.7. The number of hydrogen-bond acceptors (Lipinski definition) is 2. The Morgan fingerprint density at radius 1 is 1.33 bits per heavy atom. The quantitative estimate of drug-likeness (QED) is 0.710. The van der Waals surface area contributed by atoms with E-state index in [4.69, 9.17) is 5.11 Å². The highest BCUT2D eigenvalue weighted by molar-refractivity contribution is 5.85. The number of carbonyl (C=O) groups is 1. The van der Waals surface area contributed by atoms with Crippen LogP contribution in [0.15, 0.2) is 18.3 Å². The van der Waals surface area contributed by atoms with E-state index in [-0.39, 0.29) is 5.69 Å². The predicted octanol–water partition coefficient (Wildman–Crippen LogP) is 3.93. The molecule has 0 radical (unpaired) electrons. The number of pyridine rings is 1. The van der Waals surface area contributed by atoms with Crippen LogP contribution in [-0.4, -0.2) is 16.1 Å². The number of aromatic carboxylic acids is 1. The van der Waals surface area contributed by atoms with E-state index in [1.165, 1.54) is 25.7 Å². The fourth-order valence-corrected chi connectivity index (χ4v) is 2.00. The van der Waals surface area contributed by atoms with Crippen molar-refractivity contribution in [1.82, 2.24) is 4.98 Å². The number of carboxylic acids is 1. The zero-order chi connectivity index (χ0) is 13.4. The molecule has 100 valence electrons. The Balaban J connectivity index is 2.32. The van der Waals surface area contributed by atoms with Crippen LogP contribution in [-0.2, 0) is 6.42 Å². The molecule has 1 aromatic heterocycles. The highest BCUT2D eigenvalue weighted by atomic mass is 16.4. The van der Waals surface area contributed by atoms with Crippen molar-refractivity contribution in [3.63, 3.8) is 0 Å². The van der Waals surface area contributed by atoms with E-state index in [0.717, 1.165) is 24.3 Å². The molecular weight excluding hydrogens is 226 g/mol. The summed E-state index contributed by atoms with van der Waals surface area (Å²) in [5, 5.41) is 8.75. The number of carboxylic acid groups (broad SMARTS) is 1. The monoisotopic (exact) mass is 249 g/mol. The van der Waals surface area contributed by atoms with E-state index in [9.17, 15) is 4.79 Å². The largest absolute Gasteiger partial charge is 0.477 e. The van der Waals surface area contributed by atoms with Crippen LogP contribution in [0.1, 0.15) is 62.0 Å². The van der Waals surface area contributed by atoms with Crippen molar-refractivity contribution in [3.8, 4) is 0 Å². The molecule has 0 bridgehead atoms. The summed E-state index contributed by atoms with van der Waals surface area (Å²) in [6, 6.07) is 3.45. The van der Waals surface area contributed by atoms with Gasteiger partial charge in [0.25, 0.3) is 0 Å². The molecule has 3 nitrogen and oxygen atoms in total. The molecule has 1 rings (SSSR count). The maximum absolute atomic E-state index is 10.7. The number of hydrogen-bond donors (Lipinski definition) is 1. The minimum absolute atomic E-state index is 0.120. The second kappa shape index (κ2) is 7.85. The fourth-order valence-electron chi connectivity index (χ4n) is 2.00. The first-order valence-corrected chi connectivity index (χ1v) is 6.81. The van der Waals surface area contributed by atoms with Crippen LogP contribution in [0.25, 0.3) is 0 Å². The number of rotatable bonds is 8. The van der Waals surface area contributed by atoms with Gasteiger partial charge in [-0.25, -0.2) is 9.78 Å². The molecule has 0 fully saturated rings. The Morgan fingerprint density at radius 2 is 2.11 bits per heavy atom. The highest BCUT2D eigenvalue weighted by Crippen LogP contribution is 2.16. The summed E-state index contributed by atoms with van der Waals surface area (Å²) < 4.78 is 0. The van der Waals surface area contributed by atoms with Crippen LogP contribution in [0.5, 0.6) is 0 Å². The van der Waals surface area contributed by atoms with Gasteiger partial charge >= 0.3 is 5.97 Å².